The van der Waals surface area contributed by atoms with Crippen molar-refractivity contribution in [3.8, 4) is 5.75 Å². The summed E-state index contributed by atoms with van der Waals surface area (Å²) in [4.78, 5) is 11.5. The van der Waals surface area contributed by atoms with Crippen LogP contribution in [0.3, 0.4) is 0 Å². The zero-order valence-corrected chi connectivity index (χ0v) is 12.0. The Morgan fingerprint density at radius 3 is 2.72 bits per heavy atom. The fourth-order valence-corrected chi connectivity index (χ4v) is 2.64. The van der Waals surface area contributed by atoms with E-state index in [4.69, 9.17) is 4.74 Å². The molecule has 0 unspecified atom stereocenters. The third kappa shape index (κ3) is 3.12. The van der Waals surface area contributed by atoms with Crippen molar-refractivity contribution in [2.45, 2.75) is 38.2 Å². The Kier molecular flexibility index (Phi) is 4.07. The van der Waals surface area contributed by atoms with Crippen LogP contribution in [0.1, 0.15) is 43.0 Å². The van der Waals surface area contributed by atoms with Crippen LogP contribution >= 0.6 is 15.9 Å². The number of hydrogen-bond donors (Lipinski definition) is 1. The van der Waals surface area contributed by atoms with Crippen molar-refractivity contribution < 1.29 is 14.6 Å². The van der Waals surface area contributed by atoms with E-state index in [1.165, 1.54) is 6.92 Å². The van der Waals surface area contributed by atoms with Gasteiger partial charge in [-0.2, -0.15) is 0 Å². The van der Waals surface area contributed by atoms with E-state index in [0.29, 0.717) is 11.3 Å². The highest BCUT2D eigenvalue weighted by atomic mass is 79.9. The summed E-state index contributed by atoms with van der Waals surface area (Å²) >= 11 is 3.36. The van der Waals surface area contributed by atoms with E-state index in [0.717, 1.165) is 30.2 Å². The smallest absolute Gasteiger partial charge is 0.163 e. The number of benzene rings is 1. The highest BCUT2D eigenvalue weighted by Gasteiger charge is 2.32. The topological polar surface area (TPSA) is 46.5 Å². The molecule has 98 valence electrons. The average Bonchev–Trinajstić information content (AvgIpc) is 2.74. The minimum Gasteiger partial charge on any atom is -0.490 e. The molecule has 0 heterocycles. The van der Waals surface area contributed by atoms with E-state index in [9.17, 15) is 9.90 Å². The maximum absolute atomic E-state index is 11.5. The summed E-state index contributed by atoms with van der Waals surface area (Å²) in [6, 6.07) is 5.32. The van der Waals surface area contributed by atoms with Gasteiger partial charge in [0.1, 0.15) is 12.4 Å². The minimum atomic E-state index is -0.726. The predicted molar refractivity (Wildman–Crippen MR) is 73.1 cm³/mol. The molecule has 0 spiro atoms. The van der Waals surface area contributed by atoms with Crippen LogP contribution in [0, 0.1) is 0 Å². The molecular formula is C14H17BrO3. The van der Waals surface area contributed by atoms with Crippen molar-refractivity contribution >= 4 is 21.7 Å². The van der Waals surface area contributed by atoms with Crippen LogP contribution in [0.4, 0.5) is 0 Å². The molecule has 1 fully saturated rings. The molecule has 0 aromatic heterocycles. The van der Waals surface area contributed by atoms with Crippen LogP contribution in [0.25, 0.3) is 0 Å². The monoisotopic (exact) mass is 312 g/mol. The quantitative estimate of drug-likeness (QED) is 0.867. The molecule has 1 aromatic rings. The van der Waals surface area contributed by atoms with Gasteiger partial charge >= 0.3 is 0 Å². The van der Waals surface area contributed by atoms with Crippen LogP contribution < -0.4 is 4.74 Å². The molecule has 0 atom stereocenters. The standard InChI is InChI=1S/C14H17BrO3/c1-10(16)12-5-4-11(15)8-13(12)18-9-14(17)6-2-3-7-14/h4-5,8,17H,2-3,6-7,9H2,1H3. The number of carbonyl (C=O) groups is 1. The fourth-order valence-electron chi connectivity index (χ4n) is 2.30. The summed E-state index contributed by atoms with van der Waals surface area (Å²) < 4.78 is 6.53. The molecule has 1 N–H and O–H groups in total. The SMILES string of the molecule is CC(=O)c1ccc(Br)cc1OCC1(O)CCCC1. The maximum atomic E-state index is 11.5. The van der Waals surface area contributed by atoms with Gasteiger partial charge in [0.15, 0.2) is 5.78 Å². The molecule has 3 nitrogen and oxygen atoms in total. The van der Waals surface area contributed by atoms with Crippen molar-refractivity contribution in [1.82, 2.24) is 0 Å². The number of ketones is 1. The lowest BCUT2D eigenvalue weighted by Crippen LogP contribution is -2.32. The van der Waals surface area contributed by atoms with E-state index in [1.807, 2.05) is 6.07 Å². The molecule has 4 heteroatoms. The first-order valence-corrected chi connectivity index (χ1v) is 6.95. The Labute approximate surface area is 115 Å². The van der Waals surface area contributed by atoms with E-state index in [1.54, 1.807) is 12.1 Å². The molecule has 1 aliphatic rings. The molecule has 0 aliphatic heterocycles. The first-order chi connectivity index (χ1) is 8.50. The summed E-state index contributed by atoms with van der Waals surface area (Å²) in [6.45, 7) is 1.77. The summed E-state index contributed by atoms with van der Waals surface area (Å²) in [6.07, 6.45) is 3.63. The van der Waals surface area contributed by atoms with E-state index < -0.39 is 5.60 Å². The zero-order valence-electron chi connectivity index (χ0n) is 10.4. The molecule has 0 amide bonds. The second kappa shape index (κ2) is 5.41. The van der Waals surface area contributed by atoms with Crippen LogP contribution in [-0.2, 0) is 0 Å². The van der Waals surface area contributed by atoms with Crippen LogP contribution in [0.2, 0.25) is 0 Å². The minimum absolute atomic E-state index is 0.0316. The van der Waals surface area contributed by atoms with Crippen molar-refractivity contribution in [3.05, 3.63) is 28.2 Å². The molecule has 1 aliphatic carbocycles. The van der Waals surface area contributed by atoms with Crippen LogP contribution in [0.5, 0.6) is 5.75 Å². The van der Waals surface area contributed by atoms with Gasteiger partial charge in [-0.05, 0) is 38.0 Å². The number of Topliss-reactive ketones (excluding diaryl/α,β-unsaturated/α-hetero) is 1. The molecule has 2 rings (SSSR count). The normalized spacial score (nSPS) is 17.7. The van der Waals surface area contributed by atoms with Gasteiger partial charge in [-0.1, -0.05) is 28.8 Å². The van der Waals surface area contributed by atoms with E-state index in [2.05, 4.69) is 15.9 Å². The number of aliphatic hydroxyl groups is 1. The second-order valence-electron chi connectivity index (χ2n) is 4.92. The van der Waals surface area contributed by atoms with Crippen LogP contribution in [0.15, 0.2) is 22.7 Å². The largest absolute Gasteiger partial charge is 0.490 e. The third-order valence-electron chi connectivity index (χ3n) is 3.35. The van der Waals surface area contributed by atoms with Gasteiger partial charge in [0, 0.05) is 4.47 Å². The van der Waals surface area contributed by atoms with Gasteiger partial charge in [-0.25, -0.2) is 0 Å². The lowest BCUT2D eigenvalue weighted by atomic mass is 10.0. The zero-order chi connectivity index (χ0) is 13.2. The molecular weight excluding hydrogens is 296 g/mol. The number of halogens is 1. The molecule has 0 radical (unpaired) electrons. The van der Waals surface area contributed by atoms with Gasteiger partial charge in [-0.15, -0.1) is 0 Å². The van der Waals surface area contributed by atoms with Gasteiger partial charge in [0.2, 0.25) is 0 Å². The molecule has 18 heavy (non-hydrogen) atoms. The number of rotatable bonds is 4. The Morgan fingerprint density at radius 2 is 2.11 bits per heavy atom. The Bertz CT molecular complexity index is 450. The summed E-state index contributed by atoms with van der Waals surface area (Å²) in [7, 11) is 0. The highest BCUT2D eigenvalue weighted by Crippen LogP contribution is 2.31. The summed E-state index contributed by atoms with van der Waals surface area (Å²) in [5.74, 6) is 0.508. The van der Waals surface area contributed by atoms with Crippen molar-refractivity contribution in [2.24, 2.45) is 0 Å². The predicted octanol–water partition coefficient (Wildman–Crippen LogP) is 3.34. The van der Waals surface area contributed by atoms with Gasteiger partial charge in [0.05, 0.1) is 11.2 Å². The van der Waals surface area contributed by atoms with E-state index in [-0.39, 0.29) is 12.4 Å². The van der Waals surface area contributed by atoms with Crippen molar-refractivity contribution in [1.29, 1.82) is 0 Å². The number of carbonyl (C=O) groups excluding carboxylic acids is 1. The number of ether oxygens (including phenoxy) is 1. The van der Waals surface area contributed by atoms with E-state index >= 15 is 0 Å². The van der Waals surface area contributed by atoms with Gasteiger partial charge in [-0.3, -0.25) is 4.79 Å². The number of hydrogen-bond acceptors (Lipinski definition) is 3. The van der Waals surface area contributed by atoms with Crippen molar-refractivity contribution in [3.63, 3.8) is 0 Å². The summed E-state index contributed by atoms with van der Waals surface area (Å²) in [5, 5.41) is 10.2. The average molecular weight is 313 g/mol. The van der Waals surface area contributed by atoms with Crippen LogP contribution in [-0.4, -0.2) is 23.1 Å². The highest BCUT2D eigenvalue weighted by molar-refractivity contribution is 9.10. The first kappa shape index (κ1) is 13.6. The van der Waals surface area contributed by atoms with Gasteiger partial charge in [0.25, 0.3) is 0 Å². The Hall–Kier alpha value is -0.870. The third-order valence-corrected chi connectivity index (χ3v) is 3.85. The first-order valence-electron chi connectivity index (χ1n) is 6.16. The lowest BCUT2D eigenvalue weighted by Gasteiger charge is -2.23. The molecule has 0 saturated heterocycles. The van der Waals surface area contributed by atoms with Crippen molar-refractivity contribution in [2.75, 3.05) is 6.61 Å². The lowest BCUT2D eigenvalue weighted by molar-refractivity contribution is 0.00114. The van der Waals surface area contributed by atoms with Gasteiger partial charge < -0.3 is 9.84 Å². The Balaban J connectivity index is 2.12. The summed E-state index contributed by atoms with van der Waals surface area (Å²) in [5.41, 5.74) is -0.170. The Morgan fingerprint density at radius 1 is 1.44 bits per heavy atom. The molecule has 1 aromatic carbocycles. The molecule has 1 saturated carbocycles. The second-order valence-corrected chi connectivity index (χ2v) is 5.83. The molecule has 0 bridgehead atoms. The fraction of sp³-hybridized carbons (Fsp3) is 0.500. The maximum Gasteiger partial charge on any atom is 0.163 e.